The first-order valence-electron chi connectivity index (χ1n) is 7.58. The minimum absolute atomic E-state index is 0. The Bertz CT molecular complexity index is 603. The molecule has 1 aliphatic rings. The number of hydrogen-bond acceptors (Lipinski definition) is 3. The van der Waals surface area contributed by atoms with Gasteiger partial charge in [-0.2, -0.15) is 10.2 Å². The summed E-state index contributed by atoms with van der Waals surface area (Å²) in [6.45, 7) is 4.90. The standard InChI is InChI=1S/C15H22FN5.ClH/c1-11(2)21-14(7-15(19-21)12-3-4-12)9-17-13-8-18-20(10-13)6-5-16;/h7-8,10-12,17H,3-6,9H2,1-2H3;1H. The van der Waals surface area contributed by atoms with Gasteiger partial charge in [-0.1, -0.05) is 0 Å². The SMILES string of the molecule is CC(C)n1nc(C2CC2)cc1CNc1cnn(CCF)c1.Cl. The quantitative estimate of drug-likeness (QED) is 0.846. The van der Waals surface area contributed by atoms with E-state index in [0.29, 0.717) is 25.0 Å². The van der Waals surface area contributed by atoms with Gasteiger partial charge in [0, 0.05) is 18.2 Å². The summed E-state index contributed by atoms with van der Waals surface area (Å²) in [5.41, 5.74) is 3.31. The van der Waals surface area contributed by atoms with E-state index in [9.17, 15) is 4.39 Å². The van der Waals surface area contributed by atoms with Crippen molar-refractivity contribution >= 4 is 18.1 Å². The van der Waals surface area contributed by atoms with E-state index in [1.54, 1.807) is 10.9 Å². The summed E-state index contributed by atoms with van der Waals surface area (Å²) < 4.78 is 16.0. The van der Waals surface area contributed by atoms with E-state index < -0.39 is 6.67 Å². The summed E-state index contributed by atoms with van der Waals surface area (Å²) in [5, 5.41) is 12.2. The molecular weight excluding hydrogens is 305 g/mol. The lowest BCUT2D eigenvalue weighted by atomic mass is 10.2. The third kappa shape index (κ3) is 3.80. The smallest absolute Gasteiger partial charge is 0.109 e. The van der Waals surface area contributed by atoms with Crippen LogP contribution in [0.2, 0.25) is 0 Å². The molecule has 1 N–H and O–H groups in total. The Kier molecular flexibility index (Phi) is 5.45. The summed E-state index contributed by atoms with van der Waals surface area (Å²) in [6, 6.07) is 2.56. The van der Waals surface area contributed by atoms with Crippen LogP contribution in [-0.2, 0) is 13.1 Å². The van der Waals surface area contributed by atoms with Gasteiger partial charge >= 0.3 is 0 Å². The summed E-state index contributed by atoms with van der Waals surface area (Å²) in [4.78, 5) is 0. The van der Waals surface area contributed by atoms with Crippen LogP contribution >= 0.6 is 12.4 Å². The van der Waals surface area contributed by atoms with E-state index in [4.69, 9.17) is 5.10 Å². The molecule has 0 unspecified atom stereocenters. The van der Waals surface area contributed by atoms with Crippen molar-refractivity contribution in [1.82, 2.24) is 19.6 Å². The zero-order chi connectivity index (χ0) is 14.8. The lowest BCUT2D eigenvalue weighted by molar-refractivity contribution is 0.427. The Morgan fingerprint density at radius 2 is 2.18 bits per heavy atom. The maximum Gasteiger partial charge on any atom is 0.109 e. The van der Waals surface area contributed by atoms with Crippen molar-refractivity contribution in [1.29, 1.82) is 0 Å². The molecule has 0 saturated heterocycles. The highest BCUT2D eigenvalue weighted by atomic mass is 35.5. The van der Waals surface area contributed by atoms with Gasteiger partial charge in [0.25, 0.3) is 0 Å². The van der Waals surface area contributed by atoms with Gasteiger partial charge in [0.1, 0.15) is 6.67 Å². The fourth-order valence-corrected chi connectivity index (χ4v) is 2.47. The topological polar surface area (TPSA) is 47.7 Å². The first-order valence-corrected chi connectivity index (χ1v) is 7.58. The highest BCUT2D eigenvalue weighted by Crippen LogP contribution is 2.39. The van der Waals surface area contributed by atoms with Crippen molar-refractivity contribution in [3.05, 3.63) is 29.8 Å². The Hall–Kier alpha value is -1.56. The molecule has 1 fully saturated rings. The Morgan fingerprint density at radius 1 is 1.41 bits per heavy atom. The fraction of sp³-hybridized carbons (Fsp3) is 0.600. The van der Waals surface area contributed by atoms with Crippen molar-refractivity contribution in [2.45, 2.75) is 51.7 Å². The molecule has 0 radical (unpaired) electrons. The highest BCUT2D eigenvalue weighted by molar-refractivity contribution is 5.85. The summed E-state index contributed by atoms with van der Waals surface area (Å²) >= 11 is 0. The van der Waals surface area contributed by atoms with Gasteiger partial charge in [0.2, 0.25) is 0 Å². The Morgan fingerprint density at radius 3 is 2.82 bits per heavy atom. The van der Waals surface area contributed by atoms with Crippen molar-refractivity contribution in [3.63, 3.8) is 0 Å². The molecule has 0 aromatic carbocycles. The molecule has 0 atom stereocenters. The van der Waals surface area contributed by atoms with Gasteiger partial charge in [0.15, 0.2) is 0 Å². The number of alkyl halides is 1. The number of anilines is 1. The minimum Gasteiger partial charge on any atom is -0.377 e. The second kappa shape index (κ2) is 7.13. The summed E-state index contributed by atoms with van der Waals surface area (Å²) in [6.07, 6.45) is 6.08. The zero-order valence-electron chi connectivity index (χ0n) is 13.0. The van der Waals surface area contributed by atoms with Crippen LogP contribution in [-0.4, -0.2) is 26.2 Å². The van der Waals surface area contributed by atoms with Crippen LogP contribution in [0, 0.1) is 0 Å². The number of nitrogens with one attached hydrogen (secondary N) is 1. The first kappa shape index (κ1) is 16.8. The molecule has 0 bridgehead atoms. The molecule has 2 aromatic rings. The largest absolute Gasteiger partial charge is 0.377 e. The molecule has 3 rings (SSSR count). The van der Waals surface area contributed by atoms with Crippen molar-refractivity contribution in [2.24, 2.45) is 0 Å². The number of hydrogen-bond donors (Lipinski definition) is 1. The molecule has 5 nitrogen and oxygen atoms in total. The lowest BCUT2D eigenvalue weighted by Crippen LogP contribution is -2.11. The lowest BCUT2D eigenvalue weighted by Gasteiger charge is -2.11. The van der Waals surface area contributed by atoms with Crippen molar-refractivity contribution in [2.75, 3.05) is 12.0 Å². The average molecular weight is 328 g/mol. The summed E-state index contributed by atoms with van der Waals surface area (Å²) in [5.74, 6) is 0.663. The number of aryl methyl sites for hydroxylation is 1. The van der Waals surface area contributed by atoms with Gasteiger partial charge in [-0.25, -0.2) is 4.39 Å². The van der Waals surface area contributed by atoms with Crippen LogP contribution in [0.15, 0.2) is 18.5 Å². The zero-order valence-corrected chi connectivity index (χ0v) is 13.8. The second-order valence-corrected chi connectivity index (χ2v) is 5.91. The third-order valence-corrected chi connectivity index (χ3v) is 3.74. The highest BCUT2D eigenvalue weighted by Gasteiger charge is 2.27. The monoisotopic (exact) mass is 327 g/mol. The number of nitrogens with zero attached hydrogens (tertiary/aromatic N) is 4. The average Bonchev–Trinajstić information content (AvgIpc) is 3.06. The van der Waals surface area contributed by atoms with Gasteiger partial charge in [-0.15, -0.1) is 12.4 Å². The van der Waals surface area contributed by atoms with Crippen LogP contribution in [0.25, 0.3) is 0 Å². The molecule has 0 spiro atoms. The second-order valence-electron chi connectivity index (χ2n) is 5.91. The Balaban J connectivity index is 0.00000176. The van der Waals surface area contributed by atoms with Crippen LogP contribution < -0.4 is 5.32 Å². The van der Waals surface area contributed by atoms with Crippen LogP contribution in [0.1, 0.15) is 50.0 Å². The predicted octanol–water partition coefficient (Wildman–Crippen LogP) is 3.54. The van der Waals surface area contributed by atoms with E-state index in [0.717, 1.165) is 5.69 Å². The Labute approximate surface area is 136 Å². The summed E-state index contributed by atoms with van der Waals surface area (Å²) in [7, 11) is 0. The van der Waals surface area contributed by atoms with Gasteiger partial charge in [0.05, 0.1) is 36.4 Å². The molecule has 2 aromatic heterocycles. The van der Waals surface area contributed by atoms with Crippen LogP contribution in [0.4, 0.5) is 10.1 Å². The van der Waals surface area contributed by atoms with Crippen molar-refractivity contribution in [3.8, 4) is 0 Å². The molecule has 122 valence electrons. The molecule has 1 saturated carbocycles. The van der Waals surface area contributed by atoms with Gasteiger partial charge in [-0.05, 0) is 32.8 Å². The molecule has 0 aliphatic heterocycles. The third-order valence-electron chi connectivity index (χ3n) is 3.74. The minimum atomic E-state index is -0.397. The van der Waals surface area contributed by atoms with E-state index >= 15 is 0 Å². The number of halogens is 2. The van der Waals surface area contributed by atoms with E-state index in [1.807, 2.05) is 6.20 Å². The predicted molar refractivity (Wildman–Crippen MR) is 87.4 cm³/mol. The maximum atomic E-state index is 12.3. The molecule has 1 aliphatic carbocycles. The normalized spacial score (nSPS) is 14.2. The van der Waals surface area contributed by atoms with Crippen LogP contribution in [0.3, 0.4) is 0 Å². The molecule has 2 heterocycles. The van der Waals surface area contributed by atoms with Gasteiger partial charge < -0.3 is 5.32 Å². The number of rotatable bonds is 7. The van der Waals surface area contributed by atoms with Crippen LogP contribution in [0.5, 0.6) is 0 Å². The molecular formula is C15H23ClFN5. The molecule has 7 heteroatoms. The van der Waals surface area contributed by atoms with Gasteiger partial charge in [-0.3, -0.25) is 9.36 Å². The van der Waals surface area contributed by atoms with E-state index in [1.165, 1.54) is 24.2 Å². The van der Waals surface area contributed by atoms with E-state index in [2.05, 4.69) is 35.0 Å². The van der Waals surface area contributed by atoms with E-state index in [-0.39, 0.29) is 12.4 Å². The molecule has 22 heavy (non-hydrogen) atoms. The molecule has 0 amide bonds. The maximum absolute atomic E-state index is 12.3. The first-order chi connectivity index (χ1) is 10.2. The van der Waals surface area contributed by atoms with Crippen molar-refractivity contribution < 1.29 is 4.39 Å². The number of aromatic nitrogens is 4. The fourth-order valence-electron chi connectivity index (χ4n) is 2.47.